The van der Waals surface area contributed by atoms with Crippen molar-refractivity contribution in [3.8, 4) is 0 Å². The van der Waals surface area contributed by atoms with Crippen LogP contribution in [0.5, 0.6) is 0 Å². The molecule has 1 aromatic heterocycles. The van der Waals surface area contributed by atoms with Crippen molar-refractivity contribution in [3.63, 3.8) is 0 Å². The topological polar surface area (TPSA) is 0 Å². The van der Waals surface area contributed by atoms with Crippen molar-refractivity contribution in [2.75, 3.05) is 0 Å². The van der Waals surface area contributed by atoms with Gasteiger partial charge in [-0.25, -0.2) is 0 Å². The van der Waals surface area contributed by atoms with E-state index in [1.807, 2.05) is 11.3 Å². The van der Waals surface area contributed by atoms with Crippen molar-refractivity contribution < 1.29 is 0 Å². The summed E-state index contributed by atoms with van der Waals surface area (Å²) < 4.78 is 1.24. The predicted molar refractivity (Wildman–Crippen MR) is 62.7 cm³/mol. The minimum Gasteiger partial charge on any atom is -0.133 e. The second-order valence-corrected chi connectivity index (χ2v) is 6.85. The van der Waals surface area contributed by atoms with Crippen molar-refractivity contribution in [1.82, 2.24) is 0 Å². The average molecular weight is 280 g/mol. The van der Waals surface area contributed by atoms with E-state index in [-0.39, 0.29) is 0 Å². The standard InChI is InChI=1S/C10H12BrClS/c11-10-4-3-9(13-10)6-7-1-2-8(12)5-7/h3-4,7-8H,1-2,5-6H2. The van der Waals surface area contributed by atoms with E-state index in [9.17, 15) is 0 Å². The van der Waals surface area contributed by atoms with Crippen molar-refractivity contribution >= 4 is 38.9 Å². The Morgan fingerprint density at radius 3 is 2.85 bits per heavy atom. The molecule has 0 amide bonds. The third-order valence-electron chi connectivity index (χ3n) is 2.60. The molecule has 3 heteroatoms. The molecule has 0 bridgehead atoms. The van der Waals surface area contributed by atoms with E-state index in [0.29, 0.717) is 5.38 Å². The van der Waals surface area contributed by atoms with Gasteiger partial charge in [-0.1, -0.05) is 0 Å². The molecule has 2 atom stereocenters. The Kier molecular flexibility index (Phi) is 3.33. The summed E-state index contributed by atoms with van der Waals surface area (Å²) in [6.45, 7) is 0. The first-order valence-corrected chi connectivity index (χ1v) is 6.67. The normalized spacial score (nSPS) is 28.2. The van der Waals surface area contributed by atoms with Gasteiger partial charge in [-0.3, -0.25) is 0 Å². The van der Waals surface area contributed by atoms with Gasteiger partial charge in [0.2, 0.25) is 0 Å². The molecule has 2 unspecified atom stereocenters. The highest BCUT2D eigenvalue weighted by Gasteiger charge is 2.23. The molecule has 0 N–H and O–H groups in total. The monoisotopic (exact) mass is 278 g/mol. The number of halogens is 2. The van der Waals surface area contributed by atoms with Crippen LogP contribution in [0, 0.1) is 5.92 Å². The summed E-state index contributed by atoms with van der Waals surface area (Å²) in [7, 11) is 0. The summed E-state index contributed by atoms with van der Waals surface area (Å²) in [6, 6.07) is 4.35. The van der Waals surface area contributed by atoms with Gasteiger partial charge in [0.15, 0.2) is 0 Å². The lowest BCUT2D eigenvalue weighted by Crippen LogP contribution is -1.98. The van der Waals surface area contributed by atoms with E-state index >= 15 is 0 Å². The minimum absolute atomic E-state index is 0.438. The second kappa shape index (κ2) is 4.33. The molecule has 0 saturated heterocycles. The molecule has 1 aliphatic carbocycles. The van der Waals surface area contributed by atoms with Gasteiger partial charge in [0.1, 0.15) is 0 Å². The SMILES string of the molecule is ClC1CCC(Cc2ccc(Br)s2)C1. The molecule has 2 rings (SSSR count). The third-order valence-corrected chi connectivity index (χ3v) is 4.64. The van der Waals surface area contributed by atoms with E-state index in [4.69, 9.17) is 11.6 Å². The van der Waals surface area contributed by atoms with Gasteiger partial charge in [-0.05, 0) is 59.7 Å². The first kappa shape index (κ1) is 10.0. The Hall–Kier alpha value is 0.470. The molecule has 0 radical (unpaired) electrons. The van der Waals surface area contributed by atoms with Gasteiger partial charge in [0.25, 0.3) is 0 Å². The number of alkyl halides is 1. The Morgan fingerprint density at radius 2 is 2.31 bits per heavy atom. The van der Waals surface area contributed by atoms with Crippen LogP contribution in [0.4, 0.5) is 0 Å². The van der Waals surface area contributed by atoms with E-state index in [2.05, 4.69) is 28.1 Å². The Morgan fingerprint density at radius 1 is 1.46 bits per heavy atom. The summed E-state index contributed by atoms with van der Waals surface area (Å²) in [5.41, 5.74) is 0. The smallest absolute Gasteiger partial charge is 0.0701 e. The summed E-state index contributed by atoms with van der Waals surface area (Å²) in [6.07, 6.45) is 4.94. The fraction of sp³-hybridized carbons (Fsp3) is 0.600. The predicted octanol–water partition coefficient (Wildman–Crippen LogP) is 4.46. The first-order valence-electron chi connectivity index (χ1n) is 4.62. The molecule has 72 valence electrons. The van der Waals surface area contributed by atoms with Gasteiger partial charge in [0.05, 0.1) is 3.79 Å². The Bertz CT molecular complexity index is 284. The molecule has 0 spiro atoms. The quantitative estimate of drug-likeness (QED) is 0.701. The van der Waals surface area contributed by atoms with E-state index in [1.165, 1.54) is 34.3 Å². The Labute approximate surface area is 96.4 Å². The summed E-state index contributed by atoms with van der Waals surface area (Å²) in [4.78, 5) is 1.49. The van der Waals surface area contributed by atoms with Crippen LogP contribution >= 0.6 is 38.9 Å². The van der Waals surface area contributed by atoms with E-state index in [1.54, 1.807) is 0 Å². The lowest BCUT2D eigenvalue weighted by Gasteiger charge is -2.05. The van der Waals surface area contributed by atoms with Crippen molar-refractivity contribution in [2.45, 2.75) is 31.1 Å². The van der Waals surface area contributed by atoms with Gasteiger partial charge < -0.3 is 0 Å². The summed E-state index contributed by atoms with van der Waals surface area (Å²) >= 11 is 11.4. The van der Waals surface area contributed by atoms with Gasteiger partial charge in [-0.15, -0.1) is 22.9 Å². The van der Waals surface area contributed by atoms with Crippen LogP contribution in [0.15, 0.2) is 15.9 Å². The molecular formula is C10H12BrClS. The first-order chi connectivity index (χ1) is 6.24. The van der Waals surface area contributed by atoms with Gasteiger partial charge in [0, 0.05) is 10.3 Å². The lowest BCUT2D eigenvalue weighted by atomic mass is 10.0. The van der Waals surface area contributed by atoms with E-state index < -0.39 is 0 Å². The molecular weight excluding hydrogens is 268 g/mol. The molecule has 13 heavy (non-hydrogen) atoms. The maximum absolute atomic E-state index is 6.07. The van der Waals surface area contributed by atoms with Gasteiger partial charge in [-0.2, -0.15) is 0 Å². The highest BCUT2D eigenvalue weighted by molar-refractivity contribution is 9.11. The van der Waals surface area contributed by atoms with Crippen LogP contribution < -0.4 is 0 Å². The van der Waals surface area contributed by atoms with Crippen molar-refractivity contribution in [3.05, 3.63) is 20.8 Å². The van der Waals surface area contributed by atoms with Crippen LogP contribution in [0.1, 0.15) is 24.1 Å². The maximum Gasteiger partial charge on any atom is 0.0701 e. The molecule has 0 aliphatic heterocycles. The molecule has 0 aromatic carbocycles. The third kappa shape index (κ3) is 2.71. The number of hydrogen-bond donors (Lipinski definition) is 0. The average Bonchev–Trinajstić information content (AvgIpc) is 2.62. The van der Waals surface area contributed by atoms with E-state index in [0.717, 1.165) is 5.92 Å². The molecule has 0 nitrogen and oxygen atoms in total. The molecule has 1 aliphatic rings. The number of thiophene rings is 1. The highest BCUT2D eigenvalue weighted by Crippen LogP contribution is 2.34. The molecule has 1 aromatic rings. The van der Waals surface area contributed by atoms with Crippen LogP contribution in [-0.4, -0.2) is 5.38 Å². The van der Waals surface area contributed by atoms with Crippen LogP contribution in [0.3, 0.4) is 0 Å². The number of hydrogen-bond acceptors (Lipinski definition) is 1. The van der Waals surface area contributed by atoms with Crippen LogP contribution in [-0.2, 0) is 6.42 Å². The second-order valence-electron chi connectivity index (χ2n) is 3.69. The zero-order valence-electron chi connectivity index (χ0n) is 7.30. The zero-order chi connectivity index (χ0) is 9.26. The minimum atomic E-state index is 0.438. The zero-order valence-corrected chi connectivity index (χ0v) is 10.5. The number of rotatable bonds is 2. The summed E-state index contributed by atoms with van der Waals surface area (Å²) in [5.74, 6) is 0.827. The fourth-order valence-electron chi connectivity index (χ4n) is 1.95. The van der Waals surface area contributed by atoms with Crippen LogP contribution in [0.25, 0.3) is 0 Å². The van der Waals surface area contributed by atoms with Gasteiger partial charge >= 0.3 is 0 Å². The molecule has 1 fully saturated rings. The van der Waals surface area contributed by atoms with Crippen molar-refractivity contribution in [2.24, 2.45) is 5.92 Å². The van der Waals surface area contributed by atoms with Crippen LogP contribution in [0.2, 0.25) is 0 Å². The fourth-order valence-corrected chi connectivity index (χ4v) is 3.92. The Balaban J connectivity index is 1.91. The lowest BCUT2D eigenvalue weighted by molar-refractivity contribution is 0.552. The highest BCUT2D eigenvalue weighted by atomic mass is 79.9. The largest absolute Gasteiger partial charge is 0.133 e. The van der Waals surface area contributed by atoms with Crippen molar-refractivity contribution in [1.29, 1.82) is 0 Å². The summed E-state index contributed by atoms with van der Waals surface area (Å²) in [5, 5.41) is 0.438. The maximum atomic E-state index is 6.07. The molecule has 1 saturated carbocycles. The molecule has 1 heterocycles.